The van der Waals surface area contributed by atoms with Gasteiger partial charge in [0.15, 0.2) is 12.3 Å². The second-order valence-corrected chi connectivity index (χ2v) is 7.48. The van der Waals surface area contributed by atoms with Crippen molar-refractivity contribution in [3.63, 3.8) is 0 Å². The minimum Gasteiger partial charge on any atom is -0.451 e. The number of amides is 1. The second-order valence-electron chi connectivity index (χ2n) is 5.68. The van der Waals surface area contributed by atoms with Crippen LogP contribution in [-0.2, 0) is 9.53 Å². The molecule has 1 aliphatic heterocycles. The van der Waals surface area contributed by atoms with E-state index in [0.29, 0.717) is 5.92 Å². The normalized spacial score (nSPS) is 18.0. The lowest BCUT2D eigenvalue weighted by atomic mass is 10.0. The number of aromatic nitrogens is 1. The largest absolute Gasteiger partial charge is 0.451 e. The van der Waals surface area contributed by atoms with E-state index in [1.165, 1.54) is 11.3 Å². The topological polar surface area (TPSA) is 59.5 Å². The average Bonchev–Trinajstić information content (AvgIpc) is 3.22. The molecule has 5 nitrogen and oxygen atoms in total. The zero-order chi connectivity index (χ0) is 16.2. The molecule has 2 aromatic heterocycles. The van der Waals surface area contributed by atoms with E-state index in [0.717, 1.165) is 35.8 Å². The van der Waals surface area contributed by atoms with Crippen LogP contribution < -0.4 is 0 Å². The summed E-state index contributed by atoms with van der Waals surface area (Å²) in [6.45, 7) is 3.42. The van der Waals surface area contributed by atoms with Gasteiger partial charge in [-0.1, -0.05) is 13.0 Å². The van der Waals surface area contributed by atoms with E-state index < -0.39 is 5.97 Å². The number of rotatable bonds is 4. The molecule has 3 heterocycles. The molecule has 0 aromatic carbocycles. The van der Waals surface area contributed by atoms with Crippen LogP contribution in [-0.4, -0.2) is 41.5 Å². The molecule has 3 rings (SSSR count). The van der Waals surface area contributed by atoms with Crippen LogP contribution in [0.1, 0.15) is 30.3 Å². The van der Waals surface area contributed by atoms with Crippen molar-refractivity contribution in [2.75, 3.05) is 19.7 Å². The van der Waals surface area contributed by atoms with Gasteiger partial charge in [-0.2, -0.15) is 0 Å². The van der Waals surface area contributed by atoms with Crippen LogP contribution in [0.25, 0.3) is 9.88 Å². The number of piperidine rings is 1. The molecular weight excluding hydrogens is 332 g/mol. The standard InChI is InChI=1S/C16H18N2O3S2/c1-11-4-2-6-18(8-11)14(19)9-21-16(20)12-10-23-15(17-12)13-5-3-7-22-13/h3,5,7,10-11H,2,4,6,8-9H2,1H3/t11-/m1/s1. The van der Waals surface area contributed by atoms with Crippen LogP contribution in [0.3, 0.4) is 0 Å². The number of esters is 1. The summed E-state index contributed by atoms with van der Waals surface area (Å²) in [5, 5.41) is 4.43. The molecule has 0 spiro atoms. The van der Waals surface area contributed by atoms with E-state index in [9.17, 15) is 9.59 Å². The number of ether oxygens (including phenoxy) is 1. The third kappa shape index (κ3) is 3.97. The lowest BCUT2D eigenvalue weighted by Crippen LogP contribution is -2.41. The van der Waals surface area contributed by atoms with E-state index in [1.807, 2.05) is 17.5 Å². The molecule has 1 amide bonds. The Labute approximate surface area is 142 Å². The van der Waals surface area contributed by atoms with Gasteiger partial charge < -0.3 is 9.64 Å². The molecule has 0 saturated carbocycles. The molecule has 0 unspecified atom stereocenters. The van der Waals surface area contributed by atoms with Crippen molar-refractivity contribution in [3.05, 3.63) is 28.6 Å². The molecule has 122 valence electrons. The first-order chi connectivity index (χ1) is 11.1. The minimum absolute atomic E-state index is 0.126. The van der Waals surface area contributed by atoms with Crippen LogP contribution in [0.5, 0.6) is 0 Å². The summed E-state index contributed by atoms with van der Waals surface area (Å²) in [4.78, 5) is 31.2. The number of thiazole rings is 1. The number of carbonyl (C=O) groups is 2. The maximum absolute atomic E-state index is 12.1. The zero-order valence-corrected chi connectivity index (χ0v) is 14.5. The summed E-state index contributed by atoms with van der Waals surface area (Å²) in [5.74, 6) is -0.156. The Morgan fingerprint density at radius 3 is 3.04 bits per heavy atom. The summed E-state index contributed by atoms with van der Waals surface area (Å²) < 4.78 is 5.13. The number of nitrogens with zero attached hydrogens (tertiary/aromatic N) is 2. The molecule has 1 atom stereocenters. The lowest BCUT2D eigenvalue weighted by molar-refractivity contribution is -0.136. The van der Waals surface area contributed by atoms with Gasteiger partial charge >= 0.3 is 5.97 Å². The lowest BCUT2D eigenvalue weighted by Gasteiger charge is -2.30. The number of carbonyl (C=O) groups excluding carboxylic acids is 2. The highest BCUT2D eigenvalue weighted by atomic mass is 32.1. The Morgan fingerprint density at radius 2 is 2.30 bits per heavy atom. The van der Waals surface area contributed by atoms with Gasteiger partial charge in [-0.25, -0.2) is 9.78 Å². The Morgan fingerprint density at radius 1 is 1.43 bits per heavy atom. The molecule has 0 bridgehead atoms. The Bertz CT molecular complexity index is 681. The number of likely N-dealkylation sites (tertiary alicyclic amines) is 1. The smallest absolute Gasteiger partial charge is 0.358 e. The van der Waals surface area contributed by atoms with Crippen LogP contribution in [0.2, 0.25) is 0 Å². The van der Waals surface area contributed by atoms with Crippen molar-refractivity contribution in [2.24, 2.45) is 5.92 Å². The van der Waals surface area contributed by atoms with Crippen molar-refractivity contribution < 1.29 is 14.3 Å². The Hall–Kier alpha value is -1.73. The quantitative estimate of drug-likeness (QED) is 0.794. The summed E-state index contributed by atoms with van der Waals surface area (Å²) in [7, 11) is 0. The molecule has 1 aliphatic rings. The zero-order valence-electron chi connectivity index (χ0n) is 12.9. The van der Waals surface area contributed by atoms with Crippen LogP contribution in [0.15, 0.2) is 22.9 Å². The first-order valence-electron chi connectivity index (χ1n) is 7.58. The summed E-state index contributed by atoms with van der Waals surface area (Å²) in [6.07, 6.45) is 2.16. The molecule has 7 heteroatoms. The van der Waals surface area contributed by atoms with Gasteiger partial charge in [-0.15, -0.1) is 22.7 Å². The maximum Gasteiger partial charge on any atom is 0.358 e. The highest BCUT2D eigenvalue weighted by Gasteiger charge is 2.22. The van der Waals surface area contributed by atoms with Gasteiger partial charge in [0, 0.05) is 18.5 Å². The van der Waals surface area contributed by atoms with E-state index in [4.69, 9.17) is 4.74 Å². The van der Waals surface area contributed by atoms with Crippen LogP contribution >= 0.6 is 22.7 Å². The fourth-order valence-electron chi connectivity index (χ4n) is 2.59. The Kier molecular flexibility index (Phi) is 5.07. The van der Waals surface area contributed by atoms with E-state index in [1.54, 1.807) is 21.6 Å². The van der Waals surface area contributed by atoms with Gasteiger partial charge in [-0.3, -0.25) is 4.79 Å². The maximum atomic E-state index is 12.1. The van der Waals surface area contributed by atoms with E-state index in [-0.39, 0.29) is 18.2 Å². The van der Waals surface area contributed by atoms with Crippen molar-refractivity contribution >= 4 is 34.6 Å². The fourth-order valence-corrected chi connectivity index (χ4v) is 4.19. The van der Waals surface area contributed by atoms with Crippen molar-refractivity contribution in [1.82, 2.24) is 9.88 Å². The monoisotopic (exact) mass is 350 g/mol. The van der Waals surface area contributed by atoms with Gasteiger partial charge in [-0.05, 0) is 30.2 Å². The van der Waals surface area contributed by atoms with Crippen LogP contribution in [0.4, 0.5) is 0 Å². The second kappa shape index (κ2) is 7.23. The molecule has 1 fully saturated rings. The molecule has 0 aliphatic carbocycles. The molecule has 0 radical (unpaired) electrons. The van der Waals surface area contributed by atoms with Crippen LogP contribution in [0, 0.1) is 5.92 Å². The molecular formula is C16H18N2O3S2. The van der Waals surface area contributed by atoms with Crippen molar-refractivity contribution in [1.29, 1.82) is 0 Å². The summed E-state index contributed by atoms with van der Waals surface area (Å²) >= 11 is 2.97. The van der Waals surface area contributed by atoms with Crippen molar-refractivity contribution in [3.8, 4) is 9.88 Å². The highest BCUT2D eigenvalue weighted by molar-refractivity contribution is 7.20. The van der Waals surface area contributed by atoms with Gasteiger partial charge in [0.1, 0.15) is 5.01 Å². The molecule has 0 N–H and O–H groups in total. The first-order valence-corrected chi connectivity index (χ1v) is 9.33. The van der Waals surface area contributed by atoms with Crippen molar-refractivity contribution in [2.45, 2.75) is 19.8 Å². The predicted octanol–water partition coefficient (Wildman–Crippen LogP) is 3.29. The van der Waals surface area contributed by atoms with Gasteiger partial charge in [0.25, 0.3) is 5.91 Å². The number of hydrogen-bond acceptors (Lipinski definition) is 6. The van der Waals surface area contributed by atoms with E-state index >= 15 is 0 Å². The molecule has 1 saturated heterocycles. The average molecular weight is 350 g/mol. The predicted molar refractivity (Wildman–Crippen MR) is 90.7 cm³/mol. The third-order valence-electron chi connectivity index (χ3n) is 3.78. The number of thiophene rings is 1. The molecule has 2 aromatic rings. The Balaban J connectivity index is 1.54. The highest BCUT2D eigenvalue weighted by Crippen LogP contribution is 2.28. The first kappa shape index (κ1) is 16.1. The SMILES string of the molecule is C[C@@H]1CCCN(C(=O)COC(=O)c2csc(-c3cccs3)n2)C1. The summed E-state index contributed by atoms with van der Waals surface area (Å²) in [6, 6.07) is 3.90. The minimum atomic E-state index is -0.539. The third-order valence-corrected chi connectivity index (χ3v) is 5.66. The fraction of sp³-hybridized carbons (Fsp3) is 0.438. The molecule has 23 heavy (non-hydrogen) atoms. The van der Waals surface area contributed by atoms with E-state index in [2.05, 4.69) is 11.9 Å². The van der Waals surface area contributed by atoms with Gasteiger partial charge in [0.2, 0.25) is 0 Å². The number of hydrogen-bond donors (Lipinski definition) is 0. The summed E-state index contributed by atoms with van der Waals surface area (Å²) in [5.41, 5.74) is 0.262. The van der Waals surface area contributed by atoms with Gasteiger partial charge in [0.05, 0.1) is 4.88 Å².